The highest BCUT2D eigenvalue weighted by molar-refractivity contribution is 5.32. The Bertz CT molecular complexity index is 310. The first-order valence-corrected chi connectivity index (χ1v) is 4.95. The standard InChI is InChI=1S/C13H16/c1-3-9-13(2)10-12(13)11-7-5-4-6-8-11/h3-9,12H,10H2,1-2H3/b9-3+/t12-,13-/m0/s1. The average Bonchev–Trinajstić information content (AvgIpc) is 2.80. The van der Waals surface area contributed by atoms with Crippen LogP contribution in [0.2, 0.25) is 0 Å². The summed E-state index contributed by atoms with van der Waals surface area (Å²) in [6.45, 7) is 4.44. The molecule has 0 nitrogen and oxygen atoms in total. The van der Waals surface area contributed by atoms with E-state index in [1.165, 1.54) is 12.0 Å². The van der Waals surface area contributed by atoms with Crippen LogP contribution in [0.1, 0.15) is 31.7 Å². The second kappa shape index (κ2) is 3.02. The minimum Gasteiger partial charge on any atom is -0.0911 e. The molecule has 0 radical (unpaired) electrons. The molecule has 0 saturated heterocycles. The molecule has 0 aliphatic heterocycles. The Morgan fingerprint density at radius 1 is 1.31 bits per heavy atom. The van der Waals surface area contributed by atoms with Gasteiger partial charge in [-0.2, -0.15) is 0 Å². The van der Waals surface area contributed by atoms with Gasteiger partial charge in [0.15, 0.2) is 0 Å². The minimum atomic E-state index is 0.441. The lowest BCUT2D eigenvalue weighted by Gasteiger charge is -2.04. The highest BCUT2D eigenvalue weighted by Gasteiger charge is 2.48. The zero-order valence-corrected chi connectivity index (χ0v) is 8.33. The summed E-state index contributed by atoms with van der Waals surface area (Å²) < 4.78 is 0. The summed E-state index contributed by atoms with van der Waals surface area (Å²) in [4.78, 5) is 0. The normalized spacial score (nSPS) is 32.3. The van der Waals surface area contributed by atoms with Crippen molar-refractivity contribution in [1.29, 1.82) is 0 Å². The molecule has 2 rings (SSSR count). The van der Waals surface area contributed by atoms with Gasteiger partial charge in [-0.15, -0.1) is 0 Å². The largest absolute Gasteiger partial charge is 0.0911 e. The summed E-state index contributed by atoms with van der Waals surface area (Å²) in [5.41, 5.74) is 1.93. The Kier molecular flexibility index (Phi) is 1.99. The summed E-state index contributed by atoms with van der Waals surface area (Å²) in [7, 11) is 0. The van der Waals surface area contributed by atoms with Crippen LogP contribution in [0.4, 0.5) is 0 Å². The first-order chi connectivity index (χ1) is 6.26. The molecular weight excluding hydrogens is 156 g/mol. The second-order valence-corrected chi connectivity index (χ2v) is 4.17. The van der Waals surface area contributed by atoms with Crippen LogP contribution in [0.25, 0.3) is 0 Å². The summed E-state index contributed by atoms with van der Waals surface area (Å²) in [5.74, 6) is 0.755. The quantitative estimate of drug-likeness (QED) is 0.596. The van der Waals surface area contributed by atoms with Crippen molar-refractivity contribution in [3.63, 3.8) is 0 Å². The molecule has 1 fully saturated rings. The lowest BCUT2D eigenvalue weighted by molar-refractivity contribution is 0.708. The van der Waals surface area contributed by atoms with Gasteiger partial charge in [-0.25, -0.2) is 0 Å². The van der Waals surface area contributed by atoms with Gasteiger partial charge in [-0.1, -0.05) is 49.4 Å². The molecule has 0 bridgehead atoms. The topological polar surface area (TPSA) is 0 Å². The first-order valence-electron chi connectivity index (χ1n) is 4.95. The van der Waals surface area contributed by atoms with Gasteiger partial charge in [0.1, 0.15) is 0 Å². The third kappa shape index (κ3) is 1.53. The van der Waals surface area contributed by atoms with Crippen molar-refractivity contribution >= 4 is 0 Å². The molecule has 1 aromatic carbocycles. The zero-order chi connectivity index (χ0) is 9.31. The van der Waals surface area contributed by atoms with E-state index in [4.69, 9.17) is 0 Å². The maximum atomic E-state index is 2.34. The van der Waals surface area contributed by atoms with E-state index in [-0.39, 0.29) is 0 Å². The molecule has 0 spiro atoms. The number of allylic oxidation sites excluding steroid dienone is 2. The van der Waals surface area contributed by atoms with E-state index in [9.17, 15) is 0 Å². The Morgan fingerprint density at radius 3 is 2.62 bits per heavy atom. The molecule has 0 unspecified atom stereocenters. The predicted molar refractivity (Wildman–Crippen MR) is 56.7 cm³/mol. The summed E-state index contributed by atoms with van der Waals surface area (Å²) in [5, 5.41) is 0. The fourth-order valence-electron chi connectivity index (χ4n) is 2.13. The fraction of sp³-hybridized carbons (Fsp3) is 0.385. The second-order valence-electron chi connectivity index (χ2n) is 4.17. The van der Waals surface area contributed by atoms with E-state index in [0.29, 0.717) is 5.41 Å². The predicted octanol–water partition coefficient (Wildman–Crippen LogP) is 3.76. The Labute approximate surface area is 80.3 Å². The van der Waals surface area contributed by atoms with Crippen LogP contribution in [0, 0.1) is 5.41 Å². The van der Waals surface area contributed by atoms with Gasteiger partial charge in [-0.3, -0.25) is 0 Å². The van der Waals surface area contributed by atoms with Crippen molar-refractivity contribution in [2.45, 2.75) is 26.2 Å². The van der Waals surface area contributed by atoms with Gasteiger partial charge < -0.3 is 0 Å². The molecular formula is C13H16. The molecule has 0 amide bonds. The van der Waals surface area contributed by atoms with E-state index in [1.54, 1.807) is 0 Å². The maximum Gasteiger partial charge on any atom is -0.00648 e. The molecule has 1 aliphatic rings. The van der Waals surface area contributed by atoms with Crippen molar-refractivity contribution in [2.24, 2.45) is 5.41 Å². The van der Waals surface area contributed by atoms with E-state index >= 15 is 0 Å². The first kappa shape index (κ1) is 8.55. The van der Waals surface area contributed by atoms with Crippen LogP contribution >= 0.6 is 0 Å². The Morgan fingerprint density at radius 2 is 2.00 bits per heavy atom. The molecule has 13 heavy (non-hydrogen) atoms. The SMILES string of the molecule is C/C=C/[C@@]1(C)C[C@H]1c1ccccc1. The number of rotatable bonds is 2. The van der Waals surface area contributed by atoms with Crippen molar-refractivity contribution in [3.8, 4) is 0 Å². The molecule has 1 aromatic rings. The van der Waals surface area contributed by atoms with Gasteiger partial charge in [0.2, 0.25) is 0 Å². The average molecular weight is 172 g/mol. The fourth-order valence-corrected chi connectivity index (χ4v) is 2.13. The molecule has 0 heterocycles. The maximum absolute atomic E-state index is 2.34. The monoisotopic (exact) mass is 172 g/mol. The third-order valence-electron chi connectivity index (χ3n) is 3.03. The van der Waals surface area contributed by atoms with Gasteiger partial charge >= 0.3 is 0 Å². The molecule has 1 saturated carbocycles. The Balaban J connectivity index is 2.16. The van der Waals surface area contributed by atoms with Gasteiger partial charge in [0.25, 0.3) is 0 Å². The smallest absolute Gasteiger partial charge is 0.00648 e. The molecule has 0 heteroatoms. The van der Waals surface area contributed by atoms with Crippen LogP contribution in [0.3, 0.4) is 0 Å². The van der Waals surface area contributed by atoms with E-state index in [2.05, 4.69) is 56.3 Å². The van der Waals surface area contributed by atoms with Crippen molar-refractivity contribution in [1.82, 2.24) is 0 Å². The molecule has 0 aromatic heterocycles. The van der Waals surface area contributed by atoms with E-state index < -0.39 is 0 Å². The summed E-state index contributed by atoms with van der Waals surface area (Å²) >= 11 is 0. The Hall–Kier alpha value is -1.04. The summed E-state index contributed by atoms with van der Waals surface area (Å²) in [6, 6.07) is 10.8. The molecule has 0 N–H and O–H groups in total. The van der Waals surface area contributed by atoms with Gasteiger partial charge in [0, 0.05) is 0 Å². The molecule has 2 atom stereocenters. The van der Waals surface area contributed by atoms with Crippen molar-refractivity contribution < 1.29 is 0 Å². The van der Waals surface area contributed by atoms with Crippen molar-refractivity contribution in [3.05, 3.63) is 48.0 Å². The van der Waals surface area contributed by atoms with Crippen molar-refractivity contribution in [2.75, 3.05) is 0 Å². The van der Waals surface area contributed by atoms with Gasteiger partial charge in [-0.05, 0) is 30.2 Å². The summed E-state index contributed by atoms with van der Waals surface area (Å²) in [6.07, 6.45) is 5.81. The number of benzene rings is 1. The van der Waals surface area contributed by atoms with Crippen LogP contribution in [0.15, 0.2) is 42.5 Å². The lowest BCUT2D eigenvalue weighted by atomic mass is 10.0. The molecule has 68 valence electrons. The van der Waals surface area contributed by atoms with E-state index in [1.807, 2.05) is 0 Å². The third-order valence-corrected chi connectivity index (χ3v) is 3.03. The minimum absolute atomic E-state index is 0.441. The lowest BCUT2D eigenvalue weighted by Crippen LogP contribution is -1.91. The van der Waals surface area contributed by atoms with Crippen LogP contribution in [-0.2, 0) is 0 Å². The number of hydrogen-bond acceptors (Lipinski definition) is 0. The van der Waals surface area contributed by atoms with E-state index in [0.717, 1.165) is 5.92 Å². The molecule has 1 aliphatic carbocycles. The highest BCUT2D eigenvalue weighted by Crippen LogP contribution is 2.59. The zero-order valence-electron chi connectivity index (χ0n) is 8.33. The van der Waals surface area contributed by atoms with Crippen LogP contribution in [0.5, 0.6) is 0 Å². The van der Waals surface area contributed by atoms with Crippen LogP contribution < -0.4 is 0 Å². The van der Waals surface area contributed by atoms with Crippen LogP contribution in [-0.4, -0.2) is 0 Å². The highest BCUT2D eigenvalue weighted by atomic mass is 14.5. The van der Waals surface area contributed by atoms with Gasteiger partial charge in [0.05, 0.1) is 0 Å². The number of hydrogen-bond donors (Lipinski definition) is 0.